The van der Waals surface area contributed by atoms with Gasteiger partial charge in [-0.05, 0) is 32.0 Å². The van der Waals surface area contributed by atoms with Crippen LogP contribution in [0.15, 0.2) is 30.3 Å². The lowest BCUT2D eigenvalue weighted by atomic mass is 10.3. The SMILES string of the molecule is COc1cccc(Nc2nc(C)nc3[nH]c(C)cc23)c1. The maximum absolute atomic E-state index is 5.23. The van der Waals surface area contributed by atoms with Crippen molar-refractivity contribution in [3.8, 4) is 5.75 Å². The Bertz CT molecular complexity index is 764. The smallest absolute Gasteiger partial charge is 0.143 e. The van der Waals surface area contributed by atoms with Crippen molar-refractivity contribution >= 4 is 22.5 Å². The minimum absolute atomic E-state index is 0.727. The van der Waals surface area contributed by atoms with Crippen molar-refractivity contribution in [1.82, 2.24) is 15.0 Å². The van der Waals surface area contributed by atoms with Crippen LogP contribution in [-0.4, -0.2) is 22.1 Å². The van der Waals surface area contributed by atoms with E-state index >= 15 is 0 Å². The van der Waals surface area contributed by atoms with Crippen molar-refractivity contribution in [3.05, 3.63) is 41.9 Å². The number of aromatic nitrogens is 3. The summed E-state index contributed by atoms with van der Waals surface area (Å²) < 4.78 is 5.23. The highest BCUT2D eigenvalue weighted by Gasteiger charge is 2.08. The number of methoxy groups -OCH3 is 1. The lowest BCUT2D eigenvalue weighted by Gasteiger charge is -2.08. The summed E-state index contributed by atoms with van der Waals surface area (Å²) in [5, 5.41) is 4.31. The van der Waals surface area contributed by atoms with E-state index in [0.717, 1.165) is 39.8 Å². The maximum Gasteiger partial charge on any atom is 0.143 e. The van der Waals surface area contributed by atoms with Gasteiger partial charge in [0.15, 0.2) is 0 Å². The number of nitrogens with zero attached hydrogens (tertiary/aromatic N) is 2. The fraction of sp³-hybridized carbons (Fsp3) is 0.200. The molecule has 0 unspecified atom stereocenters. The Morgan fingerprint density at radius 2 is 2.00 bits per heavy atom. The fourth-order valence-electron chi connectivity index (χ4n) is 2.19. The van der Waals surface area contributed by atoms with Crippen molar-refractivity contribution < 1.29 is 4.74 Å². The number of H-pyrrole nitrogens is 1. The lowest BCUT2D eigenvalue weighted by Crippen LogP contribution is -1.98. The van der Waals surface area contributed by atoms with Gasteiger partial charge >= 0.3 is 0 Å². The van der Waals surface area contributed by atoms with Crippen molar-refractivity contribution in [3.63, 3.8) is 0 Å². The zero-order chi connectivity index (χ0) is 14.1. The molecule has 3 aromatic rings. The standard InChI is InChI=1S/C15H16N4O/c1-9-7-13-14(16-9)17-10(2)18-15(13)19-11-5-4-6-12(8-11)20-3/h4-8H,1-3H3,(H2,16,17,18,19). The van der Waals surface area contributed by atoms with Gasteiger partial charge < -0.3 is 15.0 Å². The molecule has 0 bridgehead atoms. The van der Waals surface area contributed by atoms with Crippen LogP contribution in [0, 0.1) is 13.8 Å². The minimum atomic E-state index is 0.727. The Morgan fingerprint density at radius 1 is 1.15 bits per heavy atom. The van der Waals surface area contributed by atoms with Gasteiger partial charge in [-0.1, -0.05) is 6.07 Å². The summed E-state index contributed by atoms with van der Waals surface area (Å²) in [5.41, 5.74) is 2.84. The quantitative estimate of drug-likeness (QED) is 0.764. The van der Waals surface area contributed by atoms with Crippen molar-refractivity contribution in [2.45, 2.75) is 13.8 Å². The fourth-order valence-corrected chi connectivity index (χ4v) is 2.19. The van der Waals surface area contributed by atoms with E-state index in [1.165, 1.54) is 0 Å². The molecule has 0 saturated carbocycles. The Morgan fingerprint density at radius 3 is 2.80 bits per heavy atom. The number of hydrogen-bond donors (Lipinski definition) is 2. The molecule has 0 atom stereocenters. The topological polar surface area (TPSA) is 62.8 Å². The molecule has 2 N–H and O–H groups in total. The number of anilines is 2. The summed E-state index contributed by atoms with van der Waals surface area (Å²) in [6.45, 7) is 3.89. The predicted octanol–water partition coefficient (Wildman–Crippen LogP) is 3.33. The maximum atomic E-state index is 5.23. The zero-order valence-corrected chi connectivity index (χ0v) is 11.7. The largest absolute Gasteiger partial charge is 0.497 e. The van der Waals surface area contributed by atoms with E-state index in [1.54, 1.807) is 7.11 Å². The normalized spacial score (nSPS) is 10.8. The Kier molecular flexibility index (Phi) is 3.02. The molecule has 5 nitrogen and oxygen atoms in total. The average Bonchev–Trinajstić information content (AvgIpc) is 2.79. The molecule has 5 heteroatoms. The van der Waals surface area contributed by atoms with Crippen LogP contribution in [0.3, 0.4) is 0 Å². The van der Waals surface area contributed by atoms with Gasteiger partial charge in [0.05, 0.1) is 12.5 Å². The van der Waals surface area contributed by atoms with Gasteiger partial charge in [-0.3, -0.25) is 0 Å². The Balaban J connectivity index is 2.05. The molecule has 2 aromatic heterocycles. The van der Waals surface area contributed by atoms with Crippen LogP contribution in [0.5, 0.6) is 5.75 Å². The summed E-state index contributed by atoms with van der Waals surface area (Å²) in [6, 6.07) is 9.80. The van der Waals surface area contributed by atoms with Gasteiger partial charge in [0.25, 0.3) is 0 Å². The van der Waals surface area contributed by atoms with E-state index in [9.17, 15) is 0 Å². The molecule has 2 heterocycles. The van der Waals surface area contributed by atoms with Gasteiger partial charge in [0.1, 0.15) is 23.0 Å². The predicted molar refractivity (Wildman–Crippen MR) is 79.6 cm³/mol. The number of fused-ring (bicyclic) bond motifs is 1. The highest BCUT2D eigenvalue weighted by molar-refractivity contribution is 5.89. The number of aromatic amines is 1. The molecule has 3 rings (SSSR count). The van der Waals surface area contributed by atoms with Gasteiger partial charge in [-0.15, -0.1) is 0 Å². The highest BCUT2D eigenvalue weighted by atomic mass is 16.5. The van der Waals surface area contributed by atoms with E-state index in [2.05, 4.69) is 20.3 Å². The molecule has 102 valence electrons. The molecular formula is C15H16N4O. The summed E-state index contributed by atoms with van der Waals surface area (Å²) in [7, 11) is 1.65. The van der Waals surface area contributed by atoms with Crippen LogP contribution in [0.2, 0.25) is 0 Å². The molecule has 0 amide bonds. The van der Waals surface area contributed by atoms with Crippen LogP contribution in [-0.2, 0) is 0 Å². The van der Waals surface area contributed by atoms with Crippen LogP contribution < -0.4 is 10.1 Å². The lowest BCUT2D eigenvalue weighted by molar-refractivity contribution is 0.415. The molecule has 0 aliphatic heterocycles. The van der Waals surface area contributed by atoms with E-state index in [4.69, 9.17) is 4.74 Å². The summed E-state index contributed by atoms with van der Waals surface area (Å²) in [5.74, 6) is 2.33. The number of rotatable bonds is 3. The minimum Gasteiger partial charge on any atom is -0.497 e. The van der Waals surface area contributed by atoms with Crippen molar-refractivity contribution in [2.24, 2.45) is 0 Å². The monoisotopic (exact) mass is 268 g/mol. The van der Waals surface area contributed by atoms with E-state index in [-0.39, 0.29) is 0 Å². The van der Waals surface area contributed by atoms with E-state index in [0.29, 0.717) is 0 Å². The first-order chi connectivity index (χ1) is 9.65. The molecule has 0 saturated heterocycles. The zero-order valence-electron chi connectivity index (χ0n) is 11.7. The summed E-state index contributed by atoms with van der Waals surface area (Å²) in [4.78, 5) is 12.1. The van der Waals surface area contributed by atoms with Gasteiger partial charge in [0.2, 0.25) is 0 Å². The Hall–Kier alpha value is -2.56. The molecule has 1 aromatic carbocycles. The summed E-state index contributed by atoms with van der Waals surface area (Å²) in [6.07, 6.45) is 0. The molecule has 0 spiro atoms. The van der Waals surface area contributed by atoms with E-state index < -0.39 is 0 Å². The van der Waals surface area contributed by atoms with Crippen LogP contribution in [0.1, 0.15) is 11.5 Å². The first kappa shape index (κ1) is 12.5. The third kappa shape index (κ3) is 2.30. The first-order valence-electron chi connectivity index (χ1n) is 6.41. The molecule has 20 heavy (non-hydrogen) atoms. The molecule has 0 aliphatic rings. The van der Waals surface area contributed by atoms with Crippen molar-refractivity contribution in [2.75, 3.05) is 12.4 Å². The second-order valence-corrected chi connectivity index (χ2v) is 4.69. The number of ether oxygens (including phenoxy) is 1. The van der Waals surface area contributed by atoms with Crippen LogP contribution >= 0.6 is 0 Å². The Labute approximate surface area is 117 Å². The second-order valence-electron chi connectivity index (χ2n) is 4.69. The number of benzene rings is 1. The van der Waals surface area contributed by atoms with Gasteiger partial charge in [-0.25, -0.2) is 9.97 Å². The van der Waals surface area contributed by atoms with Crippen LogP contribution in [0.25, 0.3) is 11.0 Å². The van der Waals surface area contributed by atoms with Crippen LogP contribution in [0.4, 0.5) is 11.5 Å². The number of nitrogens with one attached hydrogen (secondary N) is 2. The average molecular weight is 268 g/mol. The third-order valence-electron chi connectivity index (χ3n) is 3.07. The number of aryl methyl sites for hydroxylation is 2. The molecule has 0 fully saturated rings. The van der Waals surface area contributed by atoms with Gasteiger partial charge in [-0.2, -0.15) is 0 Å². The highest BCUT2D eigenvalue weighted by Crippen LogP contribution is 2.26. The second kappa shape index (κ2) is 4.85. The molecular weight excluding hydrogens is 252 g/mol. The summed E-state index contributed by atoms with van der Waals surface area (Å²) >= 11 is 0. The molecule has 0 radical (unpaired) electrons. The molecule has 0 aliphatic carbocycles. The first-order valence-corrected chi connectivity index (χ1v) is 6.41. The van der Waals surface area contributed by atoms with Crippen molar-refractivity contribution in [1.29, 1.82) is 0 Å². The van der Waals surface area contributed by atoms with E-state index in [1.807, 2.05) is 44.2 Å². The number of hydrogen-bond acceptors (Lipinski definition) is 4. The van der Waals surface area contributed by atoms with Gasteiger partial charge in [0, 0.05) is 17.4 Å². The third-order valence-corrected chi connectivity index (χ3v) is 3.07.